The van der Waals surface area contributed by atoms with Crippen molar-refractivity contribution in [3.63, 3.8) is 0 Å². The quantitative estimate of drug-likeness (QED) is 0.442. The third kappa shape index (κ3) is 1.42. The molecule has 11 heavy (non-hydrogen) atoms. The lowest BCUT2D eigenvalue weighted by Crippen LogP contribution is -2.32. The van der Waals surface area contributed by atoms with Crippen molar-refractivity contribution >= 4 is 0 Å². The van der Waals surface area contributed by atoms with Crippen molar-refractivity contribution in [3.8, 4) is 0 Å². The number of hydrogen-bond donors (Lipinski definition) is 0. The predicted molar refractivity (Wildman–Crippen MR) is 46.5 cm³/mol. The first-order valence-electron chi connectivity index (χ1n) is 4.40. The van der Waals surface area contributed by atoms with Crippen LogP contribution in [-0.4, -0.2) is 44.4 Å². The molecule has 1 fully saturated rings. The minimum Gasteiger partial charge on any atom is -0.378 e. The fourth-order valence-corrected chi connectivity index (χ4v) is 2.11. The molecule has 1 heterocycles. The van der Waals surface area contributed by atoms with E-state index in [0.29, 0.717) is 5.54 Å². The zero-order valence-electron chi connectivity index (χ0n) is 8.18. The highest BCUT2D eigenvalue weighted by Crippen LogP contribution is 2.42. The van der Waals surface area contributed by atoms with Gasteiger partial charge in [-0.25, -0.2) is 0 Å². The van der Waals surface area contributed by atoms with Crippen LogP contribution in [0.15, 0.2) is 0 Å². The van der Waals surface area contributed by atoms with Crippen LogP contribution in [0.2, 0.25) is 0 Å². The standard InChI is InChI=1S/C9H20NO/c1-5-6-9(8-11-4)7-10(9,2)3/h5-8H2,1-4H3/q+1. The predicted octanol–water partition coefficient (Wildman–Crippen LogP) is 1.26. The Kier molecular flexibility index (Phi) is 2.26. The largest absolute Gasteiger partial charge is 0.378 e. The molecule has 1 unspecified atom stereocenters. The van der Waals surface area contributed by atoms with E-state index in [1.165, 1.54) is 19.4 Å². The molecule has 0 aromatic heterocycles. The molecule has 0 amide bonds. The molecule has 0 aromatic carbocycles. The Labute approximate surface area is 69.7 Å². The molecule has 0 aromatic rings. The lowest BCUT2D eigenvalue weighted by atomic mass is 10.1. The van der Waals surface area contributed by atoms with Gasteiger partial charge >= 0.3 is 0 Å². The van der Waals surface area contributed by atoms with Crippen LogP contribution in [0.5, 0.6) is 0 Å². The zero-order valence-corrected chi connectivity index (χ0v) is 8.18. The van der Waals surface area contributed by atoms with Gasteiger partial charge in [0, 0.05) is 13.5 Å². The van der Waals surface area contributed by atoms with Crippen LogP contribution in [0.1, 0.15) is 19.8 Å². The number of nitrogens with zero attached hydrogens (tertiary/aromatic N) is 1. The minimum absolute atomic E-state index is 0.462. The van der Waals surface area contributed by atoms with Crippen molar-refractivity contribution in [2.75, 3.05) is 34.4 Å². The van der Waals surface area contributed by atoms with E-state index in [2.05, 4.69) is 21.0 Å². The first kappa shape index (κ1) is 9.01. The Morgan fingerprint density at radius 3 is 2.27 bits per heavy atom. The summed E-state index contributed by atoms with van der Waals surface area (Å²) in [4.78, 5) is 0. The smallest absolute Gasteiger partial charge is 0.172 e. The van der Waals surface area contributed by atoms with Gasteiger partial charge in [-0.15, -0.1) is 0 Å². The van der Waals surface area contributed by atoms with Crippen LogP contribution < -0.4 is 0 Å². The number of methoxy groups -OCH3 is 1. The van der Waals surface area contributed by atoms with E-state index >= 15 is 0 Å². The molecule has 0 bridgehead atoms. The van der Waals surface area contributed by atoms with Gasteiger partial charge in [-0.1, -0.05) is 6.92 Å². The van der Waals surface area contributed by atoms with Crippen LogP contribution >= 0.6 is 0 Å². The van der Waals surface area contributed by atoms with Crippen molar-refractivity contribution in [1.29, 1.82) is 0 Å². The number of likely N-dealkylation sites (N-methyl/N-ethyl adjacent to an activating group) is 1. The van der Waals surface area contributed by atoms with E-state index in [1.54, 1.807) is 7.11 Å². The fraction of sp³-hybridized carbons (Fsp3) is 1.00. The molecule has 0 aliphatic carbocycles. The van der Waals surface area contributed by atoms with Gasteiger partial charge in [0.25, 0.3) is 0 Å². The van der Waals surface area contributed by atoms with Crippen molar-refractivity contribution in [2.45, 2.75) is 25.3 Å². The van der Waals surface area contributed by atoms with Gasteiger partial charge in [-0.3, -0.25) is 0 Å². The van der Waals surface area contributed by atoms with Gasteiger partial charge in [0.1, 0.15) is 13.2 Å². The van der Waals surface area contributed by atoms with Gasteiger partial charge in [0.2, 0.25) is 0 Å². The van der Waals surface area contributed by atoms with Gasteiger partial charge in [-0.2, -0.15) is 0 Å². The lowest BCUT2D eigenvalue weighted by molar-refractivity contribution is -0.788. The van der Waals surface area contributed by atoms with Crippen molar-refractivity contribution in [2.24, 2.45) is 0 Å². The fourth-order valence-electron chi connectivity index (χ4n) is 2.11. The van der Waals surface area contributed by atoms with Crippen molar-refractivity contribution in [3.05, 3.63) is 0 Å². The average Bonchev–Trinajstić information content (AvgIpc) is 2.35. The lowest BCUT2D eigenvalue weighted by Gasteiger charge is -2.17. The Hall–Kier alpha value is -0.0800. The van der Waals surface area contributed by atoms with Crippen LogP contribution in [0, 0.1) is 0 Å². The third-order valence-corrected chi connectivity index (χ3v) is 3.00. The summed E-state index contributed by atoms with van der Waals surface area (Å²) in [7, 11) is 6.37. The SMILES string of the molecule is CCCC1(COC)C[N+]1(C)C. The summed E-state index contributed by atoms with van der Waals surface area (Å²) in [5, 5.41) is 0. The first-order valence-corrected chi connectivity index (χ1v) is 4.40. The van der Waals surface area contributed by atoms with Crippen molar-refractivity contribution < 1.29 is 9.22 Å². The topological polar surface area (TPSA) is 9.23 Å². The number of ether oxygens (including phenoxy) is 1. The Bertz CT molecular complexity index is 136. The Balaban J connectivity index is 2.48. The average molecular weight is 158 g/mol. The zero-order chi connectivity index (χ0) is 8.54. The highest BCUT2D eigenvalue weighted by molar-refractivity contribution is 4.92. The number of rotatable bonds is 4. The van der Waals surface area contributed by atoms with Crippen molar-refractivity contribution in [1.82, 2.24) is 0 Å². The van der Waals surface area contributed by atoms with Gasteiger partial charge in [0.05, 0.1) is 14.1 Å². The highest BCUT2D eigenvalue weighted by atomic mass is 16.5. The summed E-state index contributed by atoms with van der Waals surface area (Å²) < 4.78 is 6.39. The van der Waals surface area contributed by atoms with Gasteiger partial charge < -0.3 is 9.22 Å². The Morgan fingerprint density at radius 2 is 2.00 bits per heavy atom. The van der Waals surface area contributed by atoms with Crippen LogP contribution in [0.4, 0.5) is 0 Å². The van der Waals surface area contributed by atoms with Crippen LogP contribution in [0.25, 0.3) is 0 Å². The van der Waals surface area contributed by atoms with E-state index < -0.39 is 0 Å². The number of hydrogen-bond acceptors (Lipinski definition) is 1. The molecule has 0 spiro atoms. The molecule has 0 N–H and O–H groups in total. The van der Waals surface area contributed by atoms with E-state index in [9.17, 15) is 0 Å². The second-order valence-corrected chi connectivity index (χ2v) is 4.25. The maximum absolute atomic E-state index is 5.24. The number of quaternary nitrogens is 1. The molecule has 0 radical (unpaired) electrons. The molecule has 1 atom stereocenters. The molecule has 1 aliphatic rings. The highest BCUT2D eigenvalue weighted by Gasteiger charge is 2.63. The Morgan fingerprint density at radius 1 is 1.45 bits per heavy atom. The molecule has 2 nitrogen and oxygen atoms in total. The maximum atomic E-state index is 5.24. The summed E-state index contributed by atoms with van der Waals surface area (Å²) in [6.45, 7) is 4.46. The summed E-state index contributed by atoms with van der Waals surface area (Å²) in [5.41, 5.74) is 0.462. The summed E-state index contributed by atoms with van der Waals surface area (Å²) in [6, 6.07) is 0. The van der Waals surface area contributed by atoms with E-state index in [1.807, 2.05) is 0 Å². The summed E-state index contributed by atoms with van der Waals surface area (Å²) in [6.07, 6.45) is 2.57. The van der Waals surface area contributed by atoms with Gasteiger partial charge in [0.15, 0.2) is 5.54 Å². The van der Waals surface area contributed by atoms with Gasteiger partial charge in [-0.05, 0) is 6.42 Å². The molecule has 1 rings (SSSR count). The third-order valence-electron chi connectivity index (χ3n) is 3.00. The molecule has 1 aliphatic heterocycles. The minimum atomic E-state index is 0.462. The van der Waals surface area contributed by atoms with Crippen LogP contribution in [0.3, 0.4) is 0 Å². The summed E-state index contributed by atoms with van der Waals surface area (Å²) in [5.74, 6) is 0. The second-order valence-electron chi connectivity index (χ2n) is 4.25. The molecule has 1 saturated heterocycles. The molecular weight excluding hydrogens is 138 g/mol. The monoisotopic (exact) mass is 158 g/mol. The normalized spacial score (nSPS) is 33.8. The summed E-state index contributed by atoms with van der Waals surface area (Å²) >= 11 is 0. The molecule has 2 heteroatoms. The second kappa shape index (κ2) is 2.76. The van der Waals surface area contributed by atoms with E-state index in [0.717, 1.165) is 11.1 Å². The maximum Gasteiger partial charge on any atom is 0.172 e. The van der Waals surface area contributed by atoms with E-state index in [4.69, 9.17) is 4.74 Å². The molecule has 0 saturated carbocycles. The molecule has 66 valence electrons. The van der Waals surface area contributed by atoms with Crippen LogP contribution in [-0.2, 0) is 4.74 Å². The van der Waals surface area contributed by atoms with E-state index in [-0.39, 0.29) is 0 Å². The molecular formula is C9H20NO+. The first-order chi connectivity index (χ1) is 5.08.